The van der Waals surface area contributed by atoms with Gasteiger partial charge in [0.15, 0.2) is 0 Å². The number of carbonyl (C=O) groups excluding carboxylic acids is 1. The van der Waals surface area contributed by atoms with Crippen molar-refractivity contribution in [1.29, 1.82) is 0 Å². The van der Waals surface area contributed by atoms with Gasteiger partial charge in [0, 0.05) is 30.2 Å². The maximum atomic E-state index is 12.6. The fourth-order valence-electron chi connectivity index (χ4n) is 3.98. The van der Waals surface area contributed by atoms with E-state index in [2.05, 4.69) is 41.4 Å². The first-order valence-corrected chi connectivity index (χ1v) is 13.0. The third-order valence-electron chi connectivity index (χ3n) is 6.01. The number of carboxylic acids is 1. The van der Waals surface area contributed by atoms with Crippen molar-refractivity contribution in [2.24, 2.45) is 5.92 Å². The number of amides is 1. The Hall–Kier alpha value is -2.88. The standard InChI is InChI=1S/C25H27ClN2OS.C2HF3O2/c1-2-18-7-9-19(10-8-18)15-28-12-11-20(16-28)14-27-25(29)24-13-21(17-30-24)22-5-3-4-6-23(22)26;3-2(4,5)1(6)7/h3-10,13,17,20H,2,11-12,14-16H2,1H3,(H,27,29);(H,6,7). The molecule has 5 nitrogen and oxygen atoms in total. The van der Waals surface area contributed by atoms with E-state index in [4.69, 9.17) is 21.5 Å². The van der Waals surface area contributed by atoms with Gasteiger partial charge < -0.3 is 10.4 Å². The van der Waals surface area contributed by atoms with Crippen LogP contribution in [0.4, 0.5) is 13.2 Å². The summed E-state index contributed by atoms with van der Waals surface area (Å²) in [5.74, 6) is -2.24. The molecule has 0 bridgehead atoms. The molecular formula is C27H28ClF3N2O3S. The highest BCUT2D eigenvalue weighted by molar-refractivity contribution is 7.12. The average Bonchev–Trinajstić information content (AvgIpc) is 3.53. The maximum absolute atomic E-state index is 12.6. The molecule has 4 rings (SSSR count). The number of nitrogens with zero attached hydrogens (tertiary/aromatic N) is 1. The summed E-state index contributed by atoms with van der Waals surface area (Å²) in [6.45, 7) is 6.02. The molecule has 1 unspecified atom stereocenters. The Morgan fingerprint density at radius 1 is 1.14 bits per heavy atom. The zero-order valence-corrected chi connectivity index (χ0v) is 21.8. The van der Waals surface area contributed by atoms with Crippen molar-refractivity contribution in [3.63, 3.8) is 0 Å². The minimum atomic E-state index is -5.08. The lowest BCUT2D eigenvalue weighted by atomic mass is 10.1. The lowest BCUT2D eigenvalue weighted by Gasteiger charge is -2.16. The number of halogens is 4. The Kier molecular flexibility index (Phi) is 10.1. The second-order valence-electron chi connectivity index (χ2n) is 8.75. The minimum absolute atomic E-state index is 0.00640. The number of benzene rings is 2. The van der Waals surface area contributed by atoms with Crippen molar-refractivity contribution in [3.05, 3.63) is 81.0 Å². The minimum Gasteiger partial charge on any atom is -0.475 e. The molecule has 1 aromatic heterocycles. The topological polar surface area (TPSA) is 69.6 Å². The van der Waals surface area contributed by atoms with E-state index >= 15 is 0 Å². The molecule has 37 heavy (non-hydrogen) atoms. The van der Waals surface area contributed by atoms with Gasteiger partial charge in [-0.05, 0) is 59.5 Å². The molecule has 1 amide bonds. The Morgan fingerprint density at radius 3 is 2.41 bits per heavy atom. The first-order chi connectivity index (χ1) is 17.6. The van der Waals surface area contributed by atoms with Gasteiger partial charge in [-0.15, -0.1) is 11.3 Å². The van der Waals surface area contributed by atoms with Crippen molar-refractivity contribution >= 4 is 34.8 Å². The third kappa shape index (κ3) is 8.59. The van der Waals surface area contributed by atoms with Crippen molar-refractivity contribution in [2.45, 2.75) is 32.5 Å². The molecule has 198 valence electrons. The van der Waals surface area contributed by atoms with Crippen molar-refractivity contribution in [2.75, 3.05) is 19.6 Å². The zero-order chi connectivity index (χ0) is 27.0. The number of hydrogen-bond acceptors (Lipinski definition) is 4. The molecule has 3 aromatic rings. The summed E-state index contributed by atoms with van der Waals surface area (Å²) in [6.07, 6.45) is -2.88. The predicted octanol–water partition coefficient (Wildman–Crippen LogP) is 6.52. The van der Waals surface area contributed by atoms with E-state index in [1.54, 1.807) is 0 Å². The number of likely N-dealkylation sites (tertiary alicyclic amines) is 1. The molecule has 1 atom stereocenters. The van der Waals surface area contributed by atoms with Crippen LogP contribution in [0.25, 0.3) is 11.1 Å². The maximum Gasteiger partial charge on any atom is 0.490 e. The number of aryl methyl sites for hydroxylation is 1. The molecule has 1 aliphatic rings. The van der Waals surface area contributed by atoms with E-state index in [0.717, 1.165) is 55.0 Å². The second kappa shape index (κ2) is 13.1. The van der Waals surface area contributed by atoms with Crippen LogP contribution in [0, 0.1) is 5.92 Å². The average molecular weight is 553 g/mol. The van der Waals surface area contributed by atoms with Crippen LogP contribution in [0.5, 0.6) is 0 Å². The van der Waals surface area contributed by atoms with E-state index in [-0.39, 0.29) is 5.91 Å². The highest BCUT2D eigenvalue weighted by Crippen LogP contribution is 2.31. The molecule has 0 saturated carbocycles. The number of alkyl halides is 3. The molecule has 2 heterocycles. The number of thiophene rings is 1. The molecule has 0 aliphatic carbocycles. The second-order valence-corrected chi connectivity index (χ2v) is 10.1. The SMILES string of the molecule is CCc1ccc(CN2CCC(CNC(=O)c3cc(-c4ccccc4Cl)cs3)C2)cc1.O=C(O)C(F)(F)F. The number of nitrogens with one attached hydrogen (secondary N) is 1. The van der Waals surface area contributed by atoms with Gasteiger partial charge in [-0.2, -0.15) is 13.2 Å². The Bertz CT molecular complexity index is 1200. The smallest absolute Gasteiger partial charge is 0.475 e. The summed E-state index contributed by atoms with van der Waals surface area (Å²) in [5, 5.41) is 13.0. The largest absolute Gasteiger partial charge is 0.490 e. The monoisotopic (exact) mass is 552 g/mol. The van der Waals surface area contributed by atoms with Crippen LogP contribution in [-0.4, -0.2) is 47.7 Å². The molecule has 1 saturated heterocycles. The third-order valence-corrected chi connectivity index (χ3v) is 7.27. The van der Waals surface area contributed by atoms with Gasteiger partial charge in [0.2, 0.25) is 0 Å². The number of carboxylic acid groups (broad SMARTS) is 1. The van der Waals surface area contributed by atoms with Crippen molar-refractivity contribution in [3.8, 4) is 11.1 Å². The number of carbonyl (C=O) groups is 2. The summed E-state index contributed by atoms with van der Waals surface area (Å²) < 4.78 is 31.7. The zero-order valence-electron chi connectivity index (χ0n) is 20.2. The summed E-state index contributed by atoms with van der Waals surface area (Å²) >= 11 is 7.75. The molecule has 10 heteroatoms. The highest BCUT2D eigenvalue weighted by Gasteiger charge is 2.38. The van der Waals surface area contributed by atoms with Crippen LogP contribution in [0.3, 0.4) is 0 Å². The van der Waals surface area contributed by atoms with E-state index in [9.17, 15) is 18.0 Å². The van der Waals surface area contributed by atoms with E-state index < -0.39 is 12.1 Å². The normalized spacial score (nSPS) is 15.6. The first-order valence-electron chi connectivity index (χ1n) is 11.8. The van der Waals surface area contributed by atoms with Gasteiger partial charge in [-0.25, -0.2) is 4.79 Å². The van der Waals surface area contributed by atoms with E-state index in [0.29, 0.717) is 10.9 Å². The van der Waals surface area contributed by atoms with Crippen LogP contribution in [0.15, 0.2) is 60.0 Å². The summed E-state index contributed by atoms with van der Waals surface area (Å²) in [6, 6.07) is 18.6. The summed E-state index contributed by atoms with van der Waals surface area (Å²) in [5.41, 5.74) is 4.71. The Morgan fingerprint density at radius 2 is 1.78 bits per heavy atom. The first kappa shape index (κ1) is 28.7. The molecular weight excluding hydrogens is 525 g/mol. The molecule has 0 spiro atoms. The van der Waals surface area contributed by atoms with Crippen LogP contribution in [0.1, 0.15) is 34.1 Å². The number of hydrogen-bond donors (Lipinski definition) is 2. The van der Waals surface area contributed by atoms with Crippen LogP contribution >= 0.6 is 22.9 Å². The van der Waals surface area contributed by atoms with Crippen molar-refractivity contribution < 1.29 is 27.9 Å². The summed E-state index contributed by atoms with van der Waals surface area (Å²) in [4.78, 5) is 24.7. The predicted molar refractivity (Wildman–Crippen MR) is 140 cm³/mol. The fourth-order valence-corrected chi connectivity index (χ4v) is 5.05. The molecule has 2 N–H and O–H groups in total. The molecule has 0 radical (unpaired) electrons. The lowest BCUT2D eigenvalue weighted by Crippen LogP contribution is -2.30. The van der Waals surface area contributed by atoms with Gasteiger partial charge in [0.25, 0.3) is 5.91 Å². The van der Waals surface area contributed by atoms with Gasteiger partial charge in [-0.1, -0.05) is 61.0 Å². The number of rotatable bonds is 7. The fraction of sp³-hybridized carbons (Fsp3) is 0.333. The molecule has 2 aromatic carbocycles. The molecule has 1 aliphatic heterocycles. The van der Waals surface area contributed by atoms with Crippen LogP contribution in [0.2, 0.25) is 5.02 Å². The lowest BCUT2D eigenvalue weighted by molar-refractivity contribution is -0.192. The summed E-state index contributed by atoms with van der Waals surface area (Å²) in [7, 11) is 0. The van der Waals surface area contributed by atoms with Crippen LogP contribution in [-0.2, 0) is 17.8 Å². The van der Waals surface area contributed by atoms with E-state index in [1.165, 1.54) is 22.5 Å². The van der Waals surface area contributed by atoms with Gasteiger partial charge in [-0.3, -0.25) is 9.69 Å². The van der Waals surface area contributed by atoms with Crippen LogP contribution < -0.4 is 5.32 Å². The highest BCUT2D eigenvalue weighted by atomic mass is 35.5. The van der Waals surface area contributed by atoms with Gasteiger partial charge in [0.1, 0.15) is 0 Å². The van der Waals surface area contributed by atoms with Gasteiger partial charge >= 0.3 is 12.1 Å². The van der Waals surface area contributed by atoms with Gasteiger partial charge in [0.05, 0.1) is 4.88 Å². The quantitative estimate of drug-likeness (QED) is 0.350. The number of aliphatic carboxylic acids is 1. The Labute approximate surface area is 222 Å². The van der Waals surface area contributed by atoms with E-state index in [1.807, 2.05) is 35.7 Å². The Balaban J connectivity index is 0.000000479. The molecule has 1 fully saturated rings. The van der Waals surface area contributed by atoms with Crippen molar-refractivity contribution in [1.82, 2.24) is 10.2 Å².